The lowest BCUT2D eigenvalue weighted by atomic mass is 10.4. The zero-order valence-corrected chi connectivity index (χ0v) is 7.35. The quantitative estimate of drug-likeness (QED) is 0.737. The highest BCUT2D eigenvalue weighted by molar-refractivity contribution is 7.13. The summed E-state index contributed by atoms with van der Waals surface area (Å²) in [6.45, 7) is 0. The molecule has 0 saturated heterocycles. The van der Waals surface area contributed by atoms with Gasteiger partial charge in [-0.05, 0) is 0 Å². The average Bonchev–Trinajstić information content (AvgIpc) is 2.75. The van der Waals surface area contributed by atoms with Crippen molar-refractivity contribution in [3.63, 3.8) is 0 Å². The Morgan fingerprint density at radius 3 is 3.08 bits per heavy atom. The summed E-state index contributed by atoms with van der Waals surface area (Å²) in [6.07, 6.45) is 1.78. The van der Waals surface area contributed by atoms with Crippen LogP contribution < -0.4 is 5.32 Å². The van der Waals surface area contributed by atoms with Crippen LogP contribution in [0, 0.1) is 0 Å². The van der Waals surface area contributed by atoms with Crippen molar-refractivity contribution < 1.29 is 0 Å². The van der Waals surface area contributed by atoms with Crippen LogP contribution >= 0.6 is 11.3 Å². The van der Waals surface area contributed by atoms with E-state index in [0.717, 1.165) is 16.5 Å². The van der Waals surface area contributed by atoms with Crippen LogP contribution in [0.25, 0.3) is 10.7 Å². The summed E-state index contributed by atoms with van der Waals surface area (Å²) in [5, 5.41) is 12.8. The first-order chi connectivity index (χ1) is 5.90. The van der Waals surface area contributed by atoms with E-state index >= 15 is 0 Å². The van der Waals surface area contributed by atoms with Gasteiger partial charge in [0.1, 0.15) is 10.8 Å². The van der Waals surface area contributed by atoms with Crippen molar-refractivity contribution in [3.8, 4) is 10.7 Å². The van der Waals surface area contributed by atoms with E-state index in [0.29, 0.717) is 0 Å². The predicted molar refractivity (Wildman–Crippen MR) is 49.2 cm³/mol. The molecule has 0 fully saturated rings. The molecule has 2 rings (SSSR count). The van der Waals surface area contributed by atoms with Gasteiger partial charge in [-0.15, -0.1) is 11.3 Å². The minimum absolute atomic E-state index is 0.834. The summed E-state index contributed by atoms with van der Waals surface area (Å²) in [7, 11) is 1.84. The number of rotatable bonds is 2. The van der Waals surface area contributed by atoms with Crippen molar-refractivity contribution in [2.45, 2.75) is 0 Å². The van der Waals surface area contributed by atoms with Crippen molar-refractivity contribution in [1.82, 2.24) is 15.2 Å². The van der Waals surface area contributed by atoms with Gasteiger partial charge in [-0.2, -0.15) is 5.10 Å². The fourth-order valence-electron chi connectivity index (χ4n) is 0.916. The summed E-state index contributed by atoms with van der Waals surface area (Å²) in [5.74, 6) is 0.834. The smallest absolute Gasteiger partial charge is 0.148 e. The first-order valence-corrected chi connectivity index (χ1v) is 4.41. The Hall–Kier alpha value is -1.36. The van der Waals surface area contributed by atoms with Crippen LogP contribution in [-0.2, 0) is 0 Å². The summed E-state index contributed by atoms with van der Waals surface area (Å²) < 4.78 is 0. The van der Waals surface area contributed by atoms with Gasteiger partial charge in [-0.3, -0.25) is 5.10 Å². The maximum Gasteiger partial charge on any atom is 0.148 e. The molecule has 12 heavy (non-hydrogen) atoms. The molecule has 0 aromatic carbocycles. The Morgan fingerprint density at radius 1 is 1.58 bits per heavy atom. The van der Waals surface area contributed by atoms with Crippen molar-refractivity contribution in [2.75, 3.05) is 12.4 Å². The molecule has 4 nitrogen and oxygen atoms in total. The number of H-pyrrole nitrogens is 1. The predicted octanol–water partition coefficient (Wildman–Crippen LogP) is 1.57. The molecule has 0 atom stereocenters. The molecule has 0 saturated carbocycles. The fraction of sp³-hybridized carbons (Fsp3) is 0.143. The molecule has 2 N–H and O–H groups in total. The van der Waals surface area contributed by atoms with Crippen LogP contribution in [0.15, 0.2) is 17.6 Å². The van der Waals surface area contributed by atoms with Gasteiger partial charge in [0.25, 0.3) is 0 Å². The first kappa shape index (κ1) is 7.30. The van der Waals surface area contributed by atoms with E-state index in [1.54, 1.807) is 17.5 Å². The largest absolute Gasteiger partial charge is 0.372 e. The van der Waals surface area contributed by atoms with Gasteiger partial charge in [0.2, 0.25) is 0 Å². The topological polar surface area (TPSA) is 53.6 Å². The van der Waals surface area contributed by atoms with Crippen LogP contribution in [0.5, 0.6) is 0 Å². The Morgan fingerprint density at radius 2 is 2.50 bits per heavy atom. The van der Waals surface area contributed by atoms with E-state index in [2.05, 4.69) is 20.5 Å². The summed E-state index contributed by atoms with van der Waals surface area (Å²) in [4.78, 5) is 4.15. The number of aromatic amines is 1. The minimum atomic E-state index is 0.834. The number of hydrogen-bond donors (Lipinski definition) is 2. The van der Waals surface area contributed by atoms with Gasteiger partial charge < -0.3 is 5.32 Å². The Bertz CT molecular complexity index is 351. The highest BCUT2D eigenvalue weighted by Gasteiger charge is 2.03. The third kappa shape index (κ3) is 1.18. The zero-order valence-electron chi connectivity index (χ0n) is 6.53. The lowest BCUT2D eigenvalue weighted by molar-refractivity contribution is 1.09. The standard InChI is InChI=1S/C7H8N4S/c1-8-6-4-5(10-11-6)7-9-2-3-12-7/h2-4H,1H3,(H2,8,10,11). The molecule has 0 radical (unpaired) electrons. The SMILES string of the molecule is CNc1cc(-c2nccs2)[nH]n1. The van der Waals surface area contributed by atoms with Crippen molar-refractivity contribution >= 4 is 17.2 Å². The van der Waals surface area contributed by atoms with Crippen LogP contribution in [0.2, 0.25) is 0 Å². The number of aromatic nitrogens is 3. The van der Waals surface area contributed by atoms with Gasteiger partial charge in [-0.25, -0.2) is 4.98 Å². The minimum Gasteiger partial charge on any atom is -0.372 e. The molecule has 0 aliphatic heterocycles. The Kier molecular flexibility index (Phi) is 1.79. The van der Waals surface area contributed by atoms with Crippen LogP contribution in [-0.4, -0.2) is 22.2 Å². The maximum atomic E-state index is 4.15. The molecule has 0 unspecified atom stereocenters. The Labute approximate surface area is 73.7 Å². The number of anilines is 1. The van der Waals surface area contributed by atoms with Gasteiger partial charge in [0.15, 0.2) is 0 Å². The molecule has 0 spiro atoms. The lowest BCUT2D eigenvalue weighted by Gasteiger charge is -1.86. The van der Waals surface area contributed by atoms with Crippen LogP contribution in [0.4, 0.5) is 5.82 Å². The van der Waals surface area contributed by atoms with Crippen LogP contribution in [0.3, 0.4) is 0 Å². The summed E-state index contributed by atoms with van der Waals surface area (Å²) in [6, 6.07) is 1.93. The number of nitrogens with zero attached hydrogens (tertiary/aromatic N) is 2. The van der Waals surface area contributed by atoms with E-state index in [1.165, 1.54) is 0 Å². The average molecular weight is 180 g/mol. The second kappa shape index (κ2) is 2.94. The molecular formula is C7H8N4S. The first-order valence-electron chi connectivity index (χ1n) is 3.53. The monoisotopic (exact) mass is 180 g/mol. The molecule has 0 amide bonds. The second-order valence-corrected chi connectivity index (χ2v) is 3.15. The van der Waals surface area contributed by atoms with E-state index in [-0.39, 0.29) is 0 Å². The molecule has 2 aromatic rings. The summed E-state index contributed by atoms with van der Waals surface area (Å²) >= 11 is 1.59. The number of hydrogen-bond acceptors (Lipinski definition) is 4. The summed E-state index contributed by atoms with van der Waals surface area (Å²) in [5.41, 5.74) is 0.953. The molecule has 2 aromatic heterocycles. The molecule has 62 valence electrons. The van der Waals surface area contributed by atoms with E-state index in [1.807, 2.05) is 18.5 Å². The molecule has 2 heterocycles. The third-order valence-electron chi connectivity index (χ3n) is 1.50. The van der Waals surface area contributed by atoms with Crippen LogP contribution in [0.1, 0.15) is 0 Å². The normalized spacial score (nSPS) is 10.1. The molecule has 0 bridgehead atoms. The highest BCUT2D eigenvalue weighted by Crippen LogP contribution is 2.20. The molecule has 0 aliphatic carbocycles. The maximum absolute atomic E-state index is 4.15. The molecular weight excluding hydrogens is 172 g/mol. The Balaban J connectivity index is 2.35. The highest BCUT2D eigenvalue weighted by atomic mass is 32.1. The fourth-order valence-corrected chi connectivity index (χ4v) is 1.52. The number of thiazole rings is 1. The van der Waals surface area contributed by atoms with Gasteiger partial charge in [0.05, 0.1) is 5.69 Å². The van der Waals surface area contributed by atoms with Gasteiger partial charge in [0, 0.05) is 24.7 Å². The molecule has 5 heteroatoms. The second-order valence-electron chi connectivity index (χ2n) is 2.25. The lowest BCUT2D eigenvalue weighted by Crippen LogP contribution is -1.85. The zero-order chi connectivity index (χ0) is 8.39. The number of nitrogens with one attached hydrogen (secondary N) is 2. The third-order valence-corrected chi connectivity index (χ3v) is 2.30. The van der Waals surface area contributed by atoms with E-state index in [9.17, 15) is 0 Å². The van der Waals surface area contributed by atoms with Crippen molar-refractivity contribution in [2.24, 2.45) is 0 Å². The van der Waals surface area contributed by atoms with Gasteiger partial charge in [-0.1, -0.05) is 0 Å². The molecule has 0 aliphatic rings. The van der Waals surface area contributed by atoms with Gasteiger partial charge >= 0.3 is 0 Å². The van der Waals surface area contributed by atoms with E-state index in [4.69, 9.17) is 0 Å². The van der Waals surface area contributed by atoms with Crippen molar-refractivity contribution in [1.29, 1.82) is 0 Å². The van der Waals surface area contributed by atoms with Crippen molar-refractivity contribution in [3.05, 3.63) is 17.6 Å². The van der Waals surface area contributed by atoms with E-state index < -0.39 is 0 Å².